The molecule has 6 rings (SSSR count). The van der Waals surface area contributed by atoms with Gasteiger partial charge in [0.25, 0.3) is 0 Å². The first-order valence-electron chi connectivity index (χ1n) is 11.7. The van der Waals surface area contributed by atoms with E-state index in [2.05, 4.69) is 63.6 Å². The summed E-state index contributed by atoms with van der Waals surface area (Å²) in [7, 11) is 0. The maximum atomic E-state index is 10.8. The minimum atomic E-state index is -0.0250. The number of piperidine rings is 1. The minimum Gasteiger partial charge on any atom is -0.507 e. The van der Waals surface area contributed by atoms with Crippen LogP contribution < -0.4 is 5.32 Å². The van der Waals surface area contributed by atoms with E-state index in [4.69, 9.17) is 0 Å². The lowest BCUT2D eigenvalue weighted by molar-refractivity contribution is 0.127. The number of hydrogen-bond donors (Lipinski definition) is 2. The summed E-state index contributed by atoms with van der Waals surface area (Å²) in [5.41, 5.74) is 4.66. The second kappa shape index (κ2) is 7.54. The Morgan fingerprint density at radius 2 is 1.74 bits per heavy atom. The standard InChI is InChI=1S/C25H27N9O/c1-24(2)13-16(14-25(3,4)31-24)34-23-20(28-32-34)12-19(27-29-23)17-6-5-15(11-21(17)35)18-7-8-22-26-9-10-33(22)30-18/h5-12,16,31,35H,13-14H2,1-4H3. The van der Waals surface area contributed by atoms with E-state index in [1.165, 1.54) is 0 Å². The highest BCUT2D eigenvalue weighted by molar-refractivity contribution is 5.79. The van der Waals surface area contributed by atoms with Crippen LogP contribution in [0.25, 0.3) is 39.3 Å². The normalized spacial score (nSPS) is 17.8. The van der Waals surface area contributed by atoms with E-state index in [9.17, 15) is 5.11 Å². The summed E-state index contributed by atoms with van der Waals surface area (Å²) in [4.78, 5) is 4.22. The molecule has 2 N–H and O–H groups in total. The fraction of sp³-hybridized carbons (Fsp3) is 0.360. The van der Waals surface area contributed by atoms with Gasteiger partial charge in [-0.25, -0.2) is 14.2 Å². The molecular formula is C25H27N9O. The fourth-order valence-corrected chi connectivity index (χ4v) is 5.45. The number of imidazole rings is 1. The van der Waals surface area contributed by atoms with E-state index in [0.29, 0.717) is 22.4 Å². The smallest absolute Gasteiger partial charge is 0.201 e. The second-order valence-corrected chi connectivity index (χ2v) is 10.6. The van der Waals surface area contributed by atoms with Gasteiger partial charge in [-0.2, -0.15) is 5.10 Å². The van der Waals surface area contributed by atoms with Crippen LogP contribution in [0.3, 0.4) is 0 Å². The van der Waals surface area contributed by atoms with Gasteiger partial charge in [0, 0.05) is 34.6 Å². The highest BCUT2D eigenvalue weighted by atomic mass is 16.3. The van der Waals surface area contributed by atoms with Crippen molar-refractivity contribution >= 4 is 16.8 Å². The monoisotopic (exact) mass is 469 g/mol. The number of nitrogens with zero attached hydrogens (tertiary/aromatic N) is 8. The number of benzene rings is 1. The molecule has 0 bridgehead atoms. The van der Waals surface area contributed by atoms with E-state index in [1.807, 2.05) is 35.0 Å². The number of phenols is 1. The largest absolute Gasteiger partial charge is 0.507 e. The number of phenolic OH excluding ortho intramolecular Hbond substituents is 1. The molecule has 0 amide bonds. The number of aromatic nitrogens is 8. The van der Waals surface area contributed by atoms with Gasteiger partial charge >= 0.3 is 0 Å². The molecule has 1 fully saturated rings. The Morgan fingerprint density at radius 3 is 2.51 bits per heavy atom. The van der Waals surface area contributed by atoms with Gasteiger partial charge in [0.15, 0.2) is 5.65 Å². The fourth-order valence-electron chi connectivity index (χ4n) is 5.45. The zero-order valence-corrected chi connectivity index (χ0v) is 20.1. The molecule has 35 heavy (non-hydrogen) atoms. The summed E-state index contributed by atoms with van der Waals surface area (Å²) in [5, 5.41) is 36.8. The molecule has 1 saturated heterocycles. The maximum Gasteiger partial charge on any atom is 0.201 e. The van der Waals surface area contributed by atoms with Gasteiger partial charge in [-0.05, 0) is 70.9 Å². The first-order chi connectivity index (χ1) is 16.7. The number of rotatable bonds is 3. The van der Waals surface area contributed by atoms with E-state index in [1.54, 1.807) is 23.0 Å². The number of fused-ring (bicyclic) bond motifs is 2. The summed E-state index contributed by atoms with van der Waals surface area (Å²) in [6, 6.07) is 11.2. The van der Waals surface area contributed by atoms with Crippen molar-refractivity contribution < 1.29 is 5.11 Å². The molecule has 0 radical (unpaired) electrons. The Labute approximate surface area is 202 Å². The van der Waals surface area contributed by atoms with Crippen molar-refractivity contribution in [2.45, 2.75) is 57.7 Å². The van der Waals surface area contributed by atoms with Gasteiger partial charge in [-0.3, -0.25) is 0 Å². The van der Waals surface area contributed by atoms with Crippen LogP contribution in [-0.2, 0) is 0 Å². The molecule has 0 saturated carbocycles. The summed E-state index contributed by atoms with van der Waals surface area (Å²) in [6.07, 6.45) is 5.32. The van der Waals surface area contributed by atoms with Crippen molar-refractivity contribution in [3.63, 3.8) is 0 Å². The lowest BCUT2D eigenvalue weighted by Gasteiger charge is -2.46. The van der Waals surface area contributed by atoms with Crippen LogP contribution in [0, 0.1) is 0 Å². The predicted octanol–water partition coefficient (Wildman–Crippen LogP) is 3.79. The zero-order valence-electron chi connectivity index (χ0n) is 20.1. The van der Waals surface area contributed by atoms with E-state index in [0.717, 1.165) is 29.7 Å². The van der Waals surface area contributed by atoms with Gasteiger partial charge < -0.3 is 10.4 Å². The Hall–Kier alpha value is -3.92. The molecule has 0 unspecified atom stereocenters. The van der Waals surface area contributed by atoms with Crippen molar-refractivity contribution in [3.05, 3.63) is 48.8 Å². The van der Waals surface area contributed by atoms with Gasteiger partial charge in [0.05, 0.1) is 17.4 Å². The number of hydrogen-bond acceptors (Lipinski definition) is 8. The third-order valence-electron chi connectivity index (χ3n) is 6.56. The summed E-state index contributed by atoms with van der Waals surface area (Å²) in [5.74, 6) is 0.0953. The second-order valence-electron chi connectivity index (χ2n) is 10.6. The van der Waals surface area contributed by atoms with Gasteiger partial charge in [-0.15, -0.1) is 15.3 Å². The first kappa shape index (κ1) is 21.6. The highest BCUT2D eigenvalue weighted by Crippen LogP contribution is 2.37. The maximum absolute atomic E-state index is 10.8. The molecule has 10 nitrogen and oxygen atoms in total. The Bertz CT molecular complexity index is 1550. The lowest BCUT2D eigenvalue weighted by atomic mass is 9.80. The number of aromatic hydroxyl groups is 1. The molecule has 0 spiro atoms. The van der Waals surface area contributed by atoms with E-state index < -0.39 is 0 Å². The molecule has 1 aliphatic rings. The van der Waals surface area contributed by atoms with Crippen molar-refractivity contribution in [3.8, 4) is 28.3 Å². The quantitative estimate of drug-likeness (QED) is 0.410. The van der Waals surface area contributed by atoms with Crippen molar-refractivity contribution in [2.75, 3.05) is 0 Å². The van der Waals surface area contributed by atoms with Crippen LogP contribution in [0.1, 0.15) is 46.6 Å². The first-order valence-corrected chi connectivity index (χ1v) is 11.7. The molecule has 0 atom stereocenters. The zero-order chi connectivity index (χ0) is 24.4. The Morgan fingerprint density at radius 1 is 0.943 bits per heavy atom. The van der Waals surface area contributed by atoms with Crippen LogP contribution in [0.5, 0.6) is 5.75 Å². The lowest BCUT2D eigenvalue weighted by Crippen LogP contribution is -2.58. The van der Waals surface area contributed by atoms with Crippen LogP contribution >= 0.6 is 0 Å². The molecule has 4 aromatic heterocycles. The Kier molecular flexibility index (Phi) is 4.65. The number of nitrogens with one attached hydrogen (secondary N) is 1. The van der Waals surface area contributed by atoms with Gasteiger partial charge in [0.1, 0.15) is 11.3 Å². The summed E-state index contributed by atoms with van der Waals surface area (Å²) < 4.78 is 3.60. The third kappa shape index (κ3) is 3.89. The van der Waals surface area contributed by atoms with E-state index >= 15 is 0 Å². The molecule has 5 aromatic rings. The highest BCUT2D eigenvalue weighted by Gasteiger charge is 2.39. The van der Waals surface area contributed by atoms with Crippen molar-refractivity contribution in [1.82, 2.24) is 45.1 Å². The van der Waals surface area contributed by atoms with Crippen molar-refractivity contribution in [2.24, 2.45) is 0 Å². The van der Waals surface area contributed by atoms with Crippen LogP contribution in [-0.4, -0.2) is 56.0 Å². The van der Waals surface area contributed by atoms with E-state index in [-0.39, 0.29) is 22.9 Å². The minimum absolute atomic E-state index is 0.0250. The average Bonchev–Trinajstić information content (AvgIpc) is 3.43. The molecule has 10 heteroatoms. The summed E-state index contributed by atoms with van der Waals surface area (Å²) >= 11 is 0. The molecule has 0 aliphatic carbocycles. The Balaban J connectivity index is 1.32. The third-order valence-corrected chi connectivity index (χ3v) is 6.56. The molecular weight excluding hydrogens is 442 g/mol. The molecule has 5 heterocycles. The molecule has 1 aliphatic heterocycles. The van der Waals surface area contributed by atoms with Crippen molar-refractivity contribution in [1.29, 1.82) is 0 Å². The van der Waals surface area contributed by atoms with Crippen LogP contribution in [0.4, 0.5) is 0 Å². The average molecular weight is 470 g/mol. The SMILES string of the molecule is CC1(C)CC(n2nnc3cc(-c4ccc(-c5ccc6nccn6n5)cc4O)nnc32)CC(C)(C)N1. The summed E-state index contributed by atoms with van der Waals surface area (Å²) in [6.45, 7) is 8.83. The molecule has 1 aromatic carbocycles. The predicted molar refractivity (Wildman–Crippen MR) is 132 cm³/mol. The van der Waals surface area contributed by atoms with Gasteiger partial charge in [0.2, 0.25) is 5.65 Å². The topological polar surface area (TPSA) is 119 Å². The van der Waals surface area contributed by atoms with Crippen LogP contribution in [0.15, 0.2) is 48.8 Å². The van der Waals surface area contributed by atoms with Gasteiger partial charge in [-0.1, -0.05) is 11.3 Å². The molecule has 178 valence electrons. The van der Waals surface area contributed by atoms with Crippen LogP contribution in [0.2, 0.25) is 0 Å².